The predicted octanol–water partition coefficient (Wildman–Crippen LogP) is 2.26. The second-order valence-electron chi connectivity index (χ2n) is 3.83. The van der Waals surface area contributed by atoms with Crippen molar-refractivity contribution in [1.29, 1.82) is 0 Å². The summed E-state index contributed by atoms with van der Waals surface area (Å²) in [6.07, 6.45) is 1.81. The second kappa shape index (κ2) is 4.13. The third-order valence-electron chi connectivity index (χ3n) is 2.68. The molecule has 0 aliphatic heterocycles. The molecule has 2 heterocycles. The molecule has 0 atom stereocenters. The molecule has 7 heteroatoms. The zero-order valence-corrected chi connectivity index (χ0v) is 10.7. The normalized spacial score (nSPS) is 11.1. The Kier molecular flexibility index (Phi) is 2.58. The molecule has 0 saturated carbocycles. The van der Waals surface area contributed by atoms with Crippen LogP contribution in [0.4, 0.5) is 5.69 Å². The summed E-state index contributed by atoms with van der Waals surface area (Å²) in [5.41, 5.74) is 2.66. The molecule has 0 aliphatic carbocycles. The van der Waals surface area contributed by atoms with Gasteiger partial charge in [0.1, 0.15) is 5.69 Å². The van der Waals surface area contributed by atoms with Crippen LogP contribution >= 0.6 is 15.9 Å². The smallest absolute Gasteiger partial charge is 0.116 e. The van der Waals surface area contributed by atoms with Gasteiger partial charge >= 0.3 is 0 Å². The van der Waals surface area contributed by atoms with Gasteiger partial charge in [0.2, 0.25) is 0 Å². The van der Waals surface area contributed by atoms with Gasteiger partial charge in [-0.1, -0.05) is 0 Å². The topological polar surface area (TPSA) is 93.7 Å². The van der Waals surface area contributed by atoms with Crippen LogP contribution in [-0.2, 0) is 0 Å². The molecule has 0 bridgehead atoms. The van der Waals surface area contributed by atoms with Crippen molar-refractivity contribution in [3.8, 4) is 11.4 Å². The largest absolute Gasteiger partial charge is 0.694 e. The third kappa shape index (κ3) is 1.78. The first-order valence-corrected chi connectivity index (χ1v) is 5.95. The summed E-state index contributed by atoms with van der Waals surface area (Å²) in [6, 6.07) is 6.86. The van der Waals surface area contributed by atoms with Gasteiger partial charge in [0.15, 0.2) is 0 Å². The highest BCUT2D eigenvalue weighted by Gasteiger charge is 2.11. The summed E-state index contributed by atoms with van der Waals surface area (Å²) in [7, 11) is 0. The van der Waals surface area contributed by atoms with Crippen molar-refractivity contribution in [3.05, 3.63) is 40.1 Å². The number of rotatable bonds is 2. The van der Waals surface area contributed by atoms with Crippen molar-refractivity contribution in [2.75, 3.05) is 5.23 Å². The number of halogens is 1. The van der Waals surface area contributed by atoms with E-state index in [-0.39, 0.29) is 10.9 Å². The van der Waals surface area contributed by atoms with Gasteiger partial charge in [-0.05, 0) is 40.2 Å². The van der Waals surface area contributed by atoms with E-state index >= 15 is 0 Å². The predicted molar refractivity (Wildman–Crippen MR) is 73.0 cm³/mol. The third-order valence-corrected chi connectivity index (χ3v) is 3.14. The van der Waals surface area contributed by atoms with E-state index in [0.29, 0.717) is 0 Å². The zero-order chi connectivity index (χ0) is 12.7. The van der Waals surface area contributed by atoms with E-state index in [9.17, 15) is 5.21 Å². The van der Waals surface area contributed by atoms with E-state index in [4.69, 9.17) is 5.21 Å². The molecule has 1 aromatic carbocycles. The van der Waals surface area contributed by atoms with Gasteiger partial charge in [0.05, 0.1) is 16.9 Å². The number of fused-ring (bicyclic) bond motifs is 1. The minimum atomic E-state index is 0.0842. The highest BCUT2D eigenvalue weighted by atomic mass is 79.9. The highest BCUT2D eigenvalue weighted by molar-refractivity contribution is 9.10. The summed E-state index contributed by atoms with van der Waals surface area (Å²) >= 11 is 3.36. The molecule has 92 valence electrons. The number of nitrogens with zero attached hydrogens (tertiary/aromatic N) is 2. The van der Waals surface area contributed by atoms with Crippen LogP contribution < -0.4 is 5.23 Å². The van der Waals surface area contributed by atoms with Crippen molar-refractivity contribution < 1.29 is 5.21 Å². The number of aromatic amines is 2. The maximum Gasteiger partial charge on any atom is 0.116 e. The molecule has 18 heavy (non-hydrogen) atoms. The van der Waals surface area contributed by atoms with E-state index in [0.717, 1.165) is 26.8 Å². The Hall–Kier alpha value is -1.83. The molecule has 2 aromatic heterocycles. The fraction of sp³-hybridized carbons (Fsp3) is 0. The molecule has 0 aliphatic rings. The van der Waals surface area contributed by atoms with Crippen molar-refractivity contribution in [2.24, 2.45) is 0 Å². The standard InChI is InChI=1S/C11H8BrN4O2/c12-6-3-10(13-5-6)11-8-4-7(16(17)18)1-2-9(8)14-15-11/h1-5,13,17H,(H,14,15)/q-1/p+1. The molecule has 0 spiro atoms. The van der Waals surface area contributed by atoms with Crippen molar-refractivity contribution in [1.82, 2.24) is 15.2 Å². The van der Waals surface area contributed by atoms with Crippen LogP contribution in [0.3, 0.4) is 0 Å². The van der Waals surface area contributed by atoms with Gasteiger partial charge < -0.3 is 15.4 Å². The molecule has 0 saturated heterocycles. The van der Waals surface area contributed by atoms with Crippen LogP contribution in [0.1, 0.15) is 0 Å². The monoisotopic (exact) mass is 308 g/mol. The van der Waals surface area contributed by atoms with Crippen molar-refractivity contribution in [2.45, 2.75) is 0 Å². The average Bonchev–Trinajstić information content (AvgIpc) is 2.93. The highest BCUT2D eigenvalue weighted by Crippen LogP contribution is 2.29. The lowest BCUT2D eigenvalue weighted by molar-refractivity contribution is 0.296. The molecule has 3 rings (SSSR count). The molecular formula is C11H9BrN4O2. The molecule has 0 unspecified atom stereocenters. The van der Waals surface area contributed by atoms with Crippen LogP contribution in [0, 0.1) is 5.21 Å². The first-order chi connectivity index (χ1) is 8.65. The molecule has 6 nitrogen and oxygen atoms in total. The fourth-order valence-corrected chi connectivity index (χ4v) is 2.18. The van der Waals surface area contributed by atoms with E-state index in [2.05, 4.69) is 31.1 Å². The molecule has 0 amide bonds. The zero-order valence-electron chi connectivity index (χ0n) is 9.07. The Labute approximate surface area is 110 Å². The molecular weight excluding hydrogens is 300 g/mol. The van der Waals surface area contributed by atoms with E-state index in [1.165, 1.54) is 0 Å². The van der Waals surface area contributed by atoms with E-state index < -0.39 is 0 Å². The van der Waals surface area contributed by atoms with Gasteiger partial charge in [-0.25, -0.2) is 0 Å². The van der Waals surface area contributed by atoms with Crippen LogP contribution in [-0.4, -0.2) is 20.4 Å². The Morgan fingerprint density at radius 1 is 1.33 bits per heavy atom. The minimum absolute atomic E-state index is 0.0842. The molecule has 0 radical (unpaired) electrons. The number of H-pyrrole nitrogens is 2. The van der Waals surface area contributed by atoms with Crippen LogP contribution in [0.2, 0.25) is 0 Å². The van der Waals surface area contributed by atoms with Gasteiger partial charge in [0.25, 0.3) is 0 Å². The van der Waals surface area contributed by atoms with Gasteiger partial charge in [0, 0.05) is 16.1 Å². The first-order valence-electron chi connectivity index (χ1n) is 5.16. The van der Waals surface area contributed by atoms with Crippen LogP contribution in [0.25, 0.3) is 22.3 Å². The average molecular weight is 309 g/mol. The van der Waals surface area contributed by atoms with Crippen LogP contribution in [0.5, 0.6) is 0 Å². The summed E-state index contributed by atoms with van der Waals surface area (Å²) in [4.78, 5) is 3.08. The second-order valence-corrected chi connectivity index (χ2v) is 4.74. The van der Waals surface area contributed by atoms with Gasteiger partial charge in [-0.2, -0.15) is 10.3 Å². The molecule has 0 fully saturated rings. The number of hydrogen-bond acceptors (Lipinski definition) is 3. The van der Waals surface area contributed by atoms with Crippen molar-refractivity contribution >= 4 is 32.5 Å². The lowest BCUT2D eigenvalue weighted by atomic mass is 10.1. The fourth-order valence-electron chi connectivity index (χ4n) is 1.84. The number of hydrogen-bond donors (Lipinski definition) is 2. The van der Waals surface area contributed by atoms with E-state index in [1.54, 1.807) is 18.2 Å². The minimum Gasteiger partial charge on any atom is -0.694 e. The summed E-state index contributed by atoms with van der Waals surface area (Å²) in [5.74, 6) is 0. The van der Waals surface area contributed by atoms with Crippen molar-refractivity contribution in [3.63, 3.8) is 0 Å². The Morgan fingerprint density at radius 2 is 2.17 bits per heavy atom. The number of aromatic nitrogens is 3. The Bertz CT molecular complexity index is 704. The summed E-state index contributed by atoms with van der Waals surface area (Å²) < 4.78 is 0.927. The molecule has 4 N–H and O–H groups in total. The lowest BCUT2D eigenvalue weighted by Crippen LogP contribution is -2.06. The van der Waals surface area contributed by atoms with Crippen LogP contribution in [0.15, 0.2) is 34.9 Å². The maximum absolute atomic E-state index is 11.0. The van der Waals surface area contributed by atoms with Gasteiger partial charge in [-0.3, -0.25) is 5.10 Å². The Morgan fingerprint density at radius 3 is 2.83 bits per heavy atom. The lowest BCUT2D eigenvalue weighted by Gasteiger charge is -2.15. The number of anilines is 1. The summed E-state index contributed by atoms with van der Waals surface area (Å²) in [5, 5.41) is 26.1. The van der Waals surface area contributed by atoms with Gasteiger partial charge in [-0.15, -0.1) is 0 Å². The summed E-state index contributed by atoms with van der Waals surface area (Å²) in [6.45, 7) is 0. The number of nitrogens with one attached hydrogen (secondary N) is 2. The van der Waals surface area contributed by atoms with E-state index in [1.807, 2.05) is 12.3 Å². The SMILES string of the molecule is [O-]N([OH2+])c1ccc2[nH]nc(-c3cc(Br)c[nH]3)c2c1. The molecule has 3 aromatic rings. The Balaban J connectivity index is 2.20. The quantitative estimate of drug-likeness (QED) is 0.561. The number of benzene rings is 1. The maximum atomic E-state index is 11.0. The first kappa shape index (κ1) is 11.3.